The molecule has 1 aliphatic carbocycles. The molecule has 2 heterocycles. The molecule has 0 atom stereocenters. The lowest BCUT2D eigenvalue weighted by molar-refractivity contribution is 0.380. The van der Waals surface area contributed by atoms with Crippen molar-refractivity contribution >= 4 is 5.82 Å². The molecule has 0 radical (unpaired) electrons. The number of aromatic nitrogens is 4. The van der Waals surface area contributed by atoms with Gasteiger partial charge < -0.3 is 9.84 Å². The molecule has 7 heteroatoms. The number of rotatable bonds is 5. The first-order chi connectivity index (χ1) is 11.3. The molecule has 1 aromatic carbocycles. The Morgan fingerprint density at radius 2 is 2.17 bits per heavy atom. The molecule has 6 nitrogen and oxygen atoms in total. The maximum Gasteiger partial charge on any atom is 0.230 e. The molecule has 4 rings (SSSR count). The van der Waals surface area contributed by atoms with E-state index < -0.39 is 0 Å². The molecule has 3 aromatic rings. The van der Waals surface area contributed by atoms with Crippen LogP contribution in [-0.2, 0) is 6.54 Å². The van der Waals surface area contributed by atoms with E-state index in [0.717, 1.165) is 12.8 Å². The lowest BCUT2D eigenvalue weighted by Gasteiger charge is -2.06. The fourth-order valence-electron chi connectivity index (χ4n) is 2.25. The van der Waals surface area contributed by atoms with Gasteiger partial charge in [0, 0.05) is 36.0 Å². The normalized spacial score (nSPS) is 14.0. The second-order valence-corrected chi connectivity index (χ2v) is 5.48. The van der Waals surface area contributed by atoms with Crippen LogP contribution in [0.25, 0.3) is 11.4 Å². The summed E-state index contributed by atoms with van der Waals surface area (Å²) in [7, 11) is 0. The van der Waals surface area contributed by atoms with Crippen LogP contribution in [0.4, 0.5) is 10.2 Å². The lowest BCUT2D eigenvalue weighted by Crippen LogP contribution is -2.03. The van der Waals surface area contributed by atoms with Crippen LogP contribution in [0.3, 0.4) is 0 Å². The smallest absolute Gasteiger partial charge is 0.230 e. The maximum absolute atomic E-state index is 14.3. The van der Waals surface area contributed by atoms with Crippen molar-refractivity contribution < 1.29 is 8.91 Å². The minimum atomic E-state index is -0.323. The number of nitrogens with zero attached hydrogens (tertiary/aromatic N) is 4. The zero-order valence-corrected chi connectivity index (χ0v) is 12.2. The molecule has 23 heavy (non-hydrogen) atoms. The zero-order chi connectivity index (χ0) is 15.6. The predicted molar refractivity (Wildman–Crippen MR) is 81.0 cm³/mol. The number of nitrogens with one attached hydrogen (secondary N) is 1. The third-order valence-electron chi connectivity index (χ3n) is 3.70. The third-order valence-corrected chi connectivity index (χ3v) is 3.70. The Morgan fingerprint density at radius 3 is 2.91 bits per heavy atom. The zero-order valence-electron chi connectivity index (χ0n) is 12.2. The number of halogens is 1. The van der Waals surface area contributed by atoms with Gasteiger partial charge in [0.25, 0.3) is 0 Å². The molecule has 0 aliphatic heterocycles. The monoisotopic (exact) mass is 311 g/mol. The van der Waals surface area contributed by atoms with Gasteiger partial charge >= 0.3 is 0 Å². The van der Waals surface area contributed by atoms with Crippen molar-refractivity contribution in [2.45, 2.75) is 25.3 Å². The quantitative estimate of drug-likeness (QED) is 0.780. The Bertz CT molecular complexity index is 816. The molecular formula is C16H14FN5O. The largest absolute Gasteiger partial charge is 0.365 e. The van der Waals surface area contributed by atoms with Crippen LogP contribution in [-0.4, -0.2) is 20.1 Å². The first-order valence-corrected chi connectivity index (χ1v) is 7.42. The van der Waals surface area contributed by atoms with Crippen LogP contribution < -0.4 is 5.32 Å². The average Bonchev–Trinajstić information content (AvgIpc) is 3.32. The SMILES string of the molecule is Fc1cc(-c2noc(C3CC3)n2)ccc1CNc1cnccn1. The molecule has 0 bridgehead atoms. The number of hydrogen-bond donors (Lipinski definition) is 1. The molecule has 116 valence electrons. The molecule has 0 spiro atoms. The molecule has 1 aliphatic rings. The van der Waals surface area contributed by atoms with Crippen LogP contribution in [0, 0.1) is 5.82 Å². The fraction of sp³-hybridized carbons (Fsp3) is 0.250. The molecule has 0 saturated heterocycles. The summed E-state index contributed by atoms with van der Waals surface area (Å²) in [5.74, 6) is 1.74. The van der Waals surface area contributed by atoms with Gasteiger partial charge in [-0.25, -0.2) is 9.37 Å². The summed E-state index contributed by atoms with van der Waals surface area (Å²) >= 11 is 0. The van der Waals surface area contributed by atoms with Gasteiger partial charge in [-0.1, -0.05) is 17.3 Å². The molecule has 1 fully saturated rings. The van der Waals surface area contributed by atoms with Crippen molar-refractivity contribution in [3.8, 4) is 11.4 Å². The minimum Gasteiger partial charge on any atom is -0.365 e. The molecule has 2 aromatic heterocycles. The van der Waals surface area contributed by atoms with Crippen molar-refractivity contribution in [1.29, 1.82) is 0 Å². The van der Waals surface area contributed by atoms with E-state index in [0.29, 0.717) is 41.1 Å². The summed E-state index contributed by atoms with van der Waals surface area (Å²) in [6.45, 7) is 0.324. The Morgan fingerprint density at radius 1 is 1.26 bits per heavy atom. The molecular weight excluding hydrogens is 297 g/mol. The standard InChI is InChI=1S/C16H14FN5O/c17-13-7-11(15-21-16(23-22-15)10-1-2-10)3-4-12(13)8-20-14-9-18-5-6-19-14/h3-7,9-10H,1-2,8H2,(H,19,20). The Labute approximate surface area is 131 Å². The predicted octanol–water partition coefficient (Wildman–Crippen LogP) is 3.16. The number of benzene rings is 1. The molecule has 1 N–H and O–H groups in total. The highest BCUT2D eigenvalue weighted by Gasteiger charge is 2.29. The fourth-order valence-corrected chi connectivity index (χ4v) is 2.25. The average molecular weight is 311 g/mol. The minimum absolute atomic E-state index is 0.323. The number of anilines is 1. The summed E-state index contributed by atoms with van der Waals surface area (Å²) in [6.07, 6.45) is 6.92. The summed E-state index contributed by atoms with van der Waals surface area (Å²) in [5, 5.41) is 6.95. The Hall–Kier alpha value is -2.83. The van der Waals surface area contributed by atoms with Gasteiger partial charge in [0.15, 0.2) is 0 Å². The topological polar surface area (TPSA) is 76.7 Å². The summed E-state index contributed by atoms with van der Waals surface area (Å²) < 4.78 is 19.5. The highest BCUT2D eigenvalue weighted by Crippen LogP contribution is 2.39. The summed E-state index contributed by atoms with van der Waals surface area (Å²) in [6, 6.07) is 4.93. The Balaban J connectivity index is 1.49. The van der Waals surface area contributed by atoms with Gasteiger partial charge in [0.05, 0.1) is 6.20 Å². The van der Waals surface area contributed by atoms with Crippen LogP contribution in [0.1, 0.15) is 30.2 Å². The van der Waals surface area contributed by atoms with E-state index in [2.05, 4.69) is 25.4 Å². The van der Waals surface area contributed by atoms with E-state index >= 15 is 0 Å². The molecule has 0 unspecified atom stereocenters. The Kier molecular flexibility index (Phi) is 3.45. The van der Waals surface area contributed by atoms with E-state index in [1.807, 2.05) is 0 Å². The van der Waals surface area contributed by atoms with E-state index in [1.165, 1.54) is 6.07 Å². The van der Waals surface area contributed by atoms with Gasteiger partial charge in [-0.3, -0.25) is 4.98 Å². The first kappa shape index (κ1) is 13.8. The lowest BCUT2D eigenvalue weighted by atomic mass is 10.1. The first-order valence-electron chi connectivity index (χ1n) is 7.42. The van der Waals surface area contributed by atoms with E-state index in [1.54, 1.807) is 30.7 Å². The van der Waals surface area contributed by atoms with Crippen molar-refractivity contribution in [3.63, 3.8) is 0 Å². The third kappa shape index (κ3) is 3.03. The van der Waals surface area contributed by atoms with Crippen molar-refractivity contribution in [3.05, 3.63) is 54.1 Å². The van der Waals surface area contributed by atoms with Gasteiger partial charge in [0.1, 0.15) is 11.6 Å². The van der Waals surface area contributed by atoms with Gasteiger partial charge in [0.2, 0.25) is 11.7 Å². The van der Waals surface area contributed by atoms with Gasteiger partial charge in [-0.05, 0) is 18.9 Å². The van der Waals surface area contributed by atoms with E-state index in [4.69, 9.17) is 4.52 Å². The van der Waals surface area contributed by atoms with Gasteiger partial charge in [-0.15, -0.1) is 0 Å². The molecule has 1 saturated carbocycles. The van der Waals surface area contributed by atoms with Crippen LogP contribution >= 0.6 is 0 Å². The molecule has 0 amide bonds. The van der Waals surface area contributed by atoms with Crippen LogP contribution in [0.2, 0.25) is 0 Å². The second kappa shape index (κ2) is 5.75. The second-order valence-electron chi connectivity index (χ2n) is 5.48. The maximum atomic E-state index is 14.3. The highest BCUT2D eigenvalue weighted by atomic mass is 19.1. The number of hydrogen-bond acceptors (Lipinski definition) is 6. The van der Waals surface area contributed by atoms with Crippen molar-refractivity contribution in [2.75, 3.05) is 5.32 Å². The van der Waals surface area contributed by atoms with Crippen molar-refractivity contribution in [1.82, 2.24) is 20.1 Å². The summed E-state index contributed by atoms with van der Waals surface area (Å²) in [4.78, 5) is 12.4. The van der Waals surface area contributed by atoms with Gasteiger partial charge in [-0.2, -0.15) is 4.98 Å². The van der Waals surface area contributed by atoms with Crippen molar-refractivity contribution in [2.24, 2.45) is 0 Å². The van der Waals surface area contributed by atoms with Crippen LogP contribution in [0.15, 0.2) is 41.3 Å². The summed E-state index contributed by atoms with van der Waals surface area (Å²) in [5.41, 5.74) is 1.15. The van der Waals surface area contributed by atoms with E-state index in [9.17, 15) is 4.39 Å². The van der Waals surface area contributed by atoms with E-state index in [-0.39, 0.29) is 5.82 Å². The van der Waals surface area contributed by atoms with Crippen LogP contribution in [0.5, 0.6) is 0 Å². The highest BCUT2D eigenvalue weighted by molar-refractivity contribution is 5.55.